The highest BCUT2D eigenvalue weighted by Gasteiger charge is 2.11. The van der Waals surface area contributed by atoms with E-state index in [4.69, 9.17) is 10.00 Å². The number of nitriles is 1. The minimum atomic E-state index is -0.465. The van der Waals surface area contributed by atoms with E-state index in [9.17, 15) is 5.11 Å². The Hall–Kier alpha value is -0.630. The monoisotopic (exact) mass is 184 g/mol. The van der Waals surface area contributed by atoms with Gasteiger partial charge in [0.2, 0.25) is 0 Å². The fraction of sp³-hybridized carbons (Fsp3) is 0.889. The molecule has 1 heterocycles. The molecule has 74 valence electrons. The Labute approximate surface area is 78.7 Å². The third-order valence-electron chi connectivity index (χ3n) is 2.21. The molecule has 0 spiro atoms. The van der Waals surface area contributed by atoms with Crippen LogP contribution < -0.4 is 0 Å². The molecule has 1 saturated heterocycles. The molecule has 1 rings (SSSR count). The van der Waals surface area contributed by atoms with Crippen molar-refractivity contribution in [1.82, 2.24) is 4.90 Å². The third kappa shape index (κ3) is 4.23. The first-order valence-electron chi connectivity index (χ1n) is 4.68. The maximum atomic E-state index is 9.30. The maximum Gasteiger partial charge on any atom is 0.0682 e. The van der Waals surface area contributed by atoms with E-state index < -0.39 is 6.10 Å². The van der Waals surface area contributed by atoms with Crippen LogP contribution in [0.25, 0.3) is 0 Å². The van der Waals surface area contributed by atoms with Gasteiger partial charge in [0.1, 0.15) is 0 Å². The average molecular weight is 184 g/mol. The van der Waals surface area contributed by atoms with Crippen molar-refractivity contribution in [3.63, 3.8) is 0 Å². The summed E-state index contributed by atoms with van der Waals surface area (Å²) < 4.78 is 5.20. The molecule has 1 fully saturated rings. The van der Waals surface area contributed by atoms with Crippen molar-refractivity contribution in [2.75, 3.05) is 32.8 Å². The molecule has 4 heteroatoms. The molecule has 4 nitrogen and oxygen atoms in total. The molecule has 0 bridgehead atoms. The van der Waals surface area contributed by atoms with Gasteiger partial charge in [-0.05, 0) is 6.42 Å². The standard InChI is InChI=1S/C9H16N2O2/c10-3-1-9(12)2-4-11-5-7-13-8-6-11/h9,12H,1-2,4-8H2. The van der Waals surface area contributed by atoms with E-state index in [1.165, 1.54) is 0 Å². The molecule has 0 aliphatic carbocycles. The predicted octanol–water partition coefficient (Wildman–Crippen LogP) is -0.0167. The van der Waals surface area contributed by atoms with Crippen LogP contribution in [0.3, 0.4) is 0 Å². The van der Waals surface area contributed by atoms with Gasteiger partial charge in [-0.25, -0.2) is 0 Å². The summed E-state index contributed by atoms with van der Waals surface area (Å²) in [5, 5.41) is 17.6. The van der Waals surface area contributed by atoms with Crippen molar-refractivity contribution in [2.24, 2.45) is 0 Å². The van der Waals surface area contributed by atoms with Crippen LogP contribution in [0.1, 0.15) is 12.8 Å². The van der Waals surface area contributed by atoms with E-state index in [-0.39, 0.29) is 6.42 Å². The molecule has 0 aromatic rings. The van der Waals surface area contributed by atoms with Crippen molar-refractivity contribution in [3.8, 4) is 6.07 Å². The second-order valence-electron chi connectivity index (χ2n) is 3.26. The van der Waals surface area contributed by atoms with Gasteiger partial charge in [-0.3, -0.25) is 4.90 Å². The van der Waals surface area contributed by atoms with Crippen molar-refractivity contribution in [3.05, 3.63) is 0 Å². The van der Waals surface area contributed by atoms with Gasteiger partial charge in [0.05, 0.1) is 31.8 Å². The van der Waals surface area contributed by atoms with Gasteiger partial charge < -0.3 is 9.84 Å². The number of nitrogens with zero attached hydrogens (tertiary/aromatic N) is 2. The van der Waals surface area contributed by atoms with Gasteiger partial charge in [-0.1, -0.05) is 0 Å². The molecule has 0 saturated carbocycles. The predicted molar refractivity (Wildman–Crippen MR) is 48.1 cm³/mol. The minimum Gasteiger partial charge on any atom is -0.392 e. The molecule has 1 unspecified atom stereocenters. The molecule has 13 heavy (non-hydrogen) atoms. The minimum absolute atomic E-state index is 0.240. The Kier molecular flexibility index (Phi) is 4.76. The fourth-order valence-corrected chi connectivity index (χ4v) is 1.36. The Morgan fingerprint density at radius 1 is 1.46 bits per heavy atom. The second-order valence-corrected chi connectivity index (χ2v) is 3.26. The summed E-state index contributed by atoms with van der Waals surface area (Å²) in [6, 6.07) is 1.96. The Morgan fingerprint density at radius 2 is 2.15 bits per heavy atom. The van der Waals surface area contributed by atoms with Gasteiger partial charge in [-0.15, -0.1) is 0 Å². The molecule has 0 aromatic heterocycles. The molecule has 0 radical (unpaired) electrons. The molecule has 1 atom stereocenters. The van der Waals surface area contributed by atoms with Crippen LogP contribution in [0.2, 0.25) is 0 Å². The summed E-state index contributed by atoms with van der Waals surface area (Å²) in [7, 11) is 0. The van der Waals surface area contributed by atoms with Crippen LogP contribution >= 0.6 is 0 Å². The molecule has 0 aromatic carbocycles. The zero-order valence-corrected chi connectivity index (χ0v) is 7.78. The molecular weight excluding hydrogens is 168 g/mol. The van der Waals surface area contributed by atoms with Gasteiger partial charge in [0, 0.05) is 19.6 Å². The summed E-state index contributed by atoms with van der Waals surface area (Å²) in [6.07, 6.45) is 0.464. The number of aliphatic hydroxyl groups excluding tert-OH is 1. The van der Waals surface area contributed by atoms with Crippen LogP contribution in [-0.2, 0) is 4.74 Å². The van der Waals surface area contributed by atoms with Crippen LogP contribution in [0.4, 0.5) is 0 Å². The lowest BCUT2D eigenvalue weighted by molar-refractivity contribution is 0.0305. The lowest BCUT2D eigenvalue weighted by atomic mass is 10.2. The first-order chi connectivity index (χ1) is 6.33. The molecule has 1 aliphatic rings. The maximum absolute atomic E-state index is 9.30. The number of rotatable bonds is 4. The topological polar surface area (TPSA) is 56.5 Å². The number of aliphatic hydroxyl groups is 1. The Morgan fingerprint density at radius 3 is 2.77 bits per heavy atom. The quantitative estimate of drug-likeness (QED) is 0.667. The van der Waals surface area contributed by atoms with E-state index in [1.807, 2.05) is 6.07 Å². The van der Waals surface area contributed by atoms with Gasteiger partial charge in [-0.2, -0.15) is 5.26 Å². The van der Waals surface area contributed by atoms with Crippen molar-refractivity contribution in [1.29, 1.82) is 5.26 Å². The zero-order chi connectivity index (χ0) is 9.52. The molecule has 0 amide bonds. The Balaban J connectivity index is 2.07. The van der Waals surface area contributed by atoms with Crippen molar-refractivity contribution >= 4 is 0 Å². The van der Waals surface area contributed by atoms with Gasteiger partial charge >= 0.3 is 0 Å². The van der Waals surface area contributed by atoms with Crippen molar-refractivity contribution < 1.29 is 9.84 Å². The summed E-state index contributed by atoms with van der Waals surface area (Å²) >= 11 is 0. The molecule has 1 aliphatic heterocycles. The first-order valence-corrected chi connectivity index (χ1v) is 4.68. The second kappa shape index (κ2) is 5.92. The highest BCUT2D eigenvalue weighted by atomic mass is 16.5. The summed E-state index contributed by atoms with van der Waals surface area (Å²) in [6.45, 7) is 4.33. The average Bonchev–Trinajstić information content (AvgIpc) is 2.17. The van der Waals surface area contributed by atoms with Crippen LogP contribution in [-0.4, -0.2) is 49.0 Å². The van der Waals surface area contributed by atoms with E-state index in [2.05, 4.69) is 4.90 Å². The number of morpholine rings is 1. The summed E-state index contributed by atoms with van der Waals surface area (Å²) in [4.78, 5) is 2.25. The number of hydrogen-bond donors (Lipinski definition) is 1. The smallest absolute Gasteiger partial charge is 0.0682 e. The summed E-state index contributed by atoms with van der Waals surface area (Å²) in [5.74, 6) is 0. The summed E-state index contributed by atoms with van der Waals surface area (Å²) in [5.41, 5.74) is 0. The largest absolute Gasteiger partial charge is 0.392 e. The lowest BCUT2D eigenvalue weighted by Gasteiger charge is -2.26. The number of hydrogen-bond acceptors (Lipinski definition) is 4. The third-order valence-corrected chi connectivity index (χ3v) is 2.21. The Bertz CT molecular complexity index is 173. The highest BCUT2D eigenvalue weighted by Crippen LogP contribution is 2.02. The van der Waals surface area contributed by atoms with Gasteiger partial charge in [0.25, 0.3) is 0 Å². The molecule has 1 N–H and O–H groups in total. The van der Waals surface area contributed by atoms with E-state index in [0.717, 1.165) is 32.8 Å². The van der Waals surface area contributed by atoms with Crippen LogP contribution in [0, 0.1) is 11.3 Å². The van der Waals surface area contributed by atoms with Crippen molar-refractivity contribution in [2.45, 2.75) is 18.9 Å². The normalized spacial score (nSPS) is 20.9. The molecular formula is C9H16N2O2. The first kappa shape index (κ1) is 10.5. The van der Waals surface area contributed by atoms with Gasteiger partial charge in [0.15, 0.2) is 0 Å². The highest BCUT2D eigenvalue weighted by molar-refractivity contribution is 4.76. The SMILES string of the molecule is N#CCC(O)CCN1CCOCC1. The van der Waals surface area contributed by atoms with E-state index in [1.54, 1.807) is 0 Å². The number of ether oxygens (including phenoxy) is 1. The van der Waals surface area contributed by atoms with Crippen LogP contribution in [0.15, 0.2) is 0 Å². The zero-order valence-electron chi connectivity index (χ0n) is 7.78. The van der Waals surface area contributed by atoms with E-state index in [0.29, 0.717) is 6.42 Å². The van der Waals surface area contributed by atoms with Crippen LogP contribution in [0.5, 0.6) is 0 Å². The lowest BCUT2D eigenvalue weighted by Crippen LogP contribution is -2.37. The van der Waals surface area contributed by atoms with E-state index >= 15 is 0 Å². The fourth-order valence-electron chi connectivity index (χ4n) is 1.36.